The predicted octanol–water partition coefficient (Wildman–Crippen LogP) is 5.21. The third-order valence-corrected chi connectivity index (χ3v) is 13.1. The maximum Gasteiger partial charge on any atom is 0.352 e. The summed E-state index contributed by atoms with van der Waals surface area (Å²) >= 11 is 0. The molecule has 1 fully saturated rings. The van der Waals surface area contributed by atoms with Crippen LogP contribution in [-0.2, 0) is 20.4 Å². The van der Waals surface area contributed by atoms with E-state index in [0.717, 1.165) is 23.7 Å². The van der Waals surface area contributed by atoms with Crippen LogP contribution in [0.15, 0.2) is 54.2 Å². The highest BCUT2D eigenvalue weighted by Crippen LogP contribution is 2.52. The summed E-state index contributed by atoms with van der Waals surface area (Å²) in [7, 11) is -2.03. The Morgan fingerprint density at radius 2 is 1.66 bits per heavy atom. The molecular formula is C28H34N2O7Si. The maximum absolute atomic E-state index is 13.5. The molecule has 38 heavy (non-hydrogen) atoms. The highest BCUT2D eigenvalue weighted by molar-refractivity contribution is 6.73. The van der Waals surface area contributed by atoms with E-state index in [9.17, 15) is 29.9 Å². The van der Waals surface area contributed by atoms with E-state index in [1.165, 1.54) is 29.2 Å². The largest absolute Gasteiger partial charge is 0.508 e. The lowest BCUT2D eigenvalue weighted by molar-refractivity contribution is -0.384. The van der Waals surface area contributed by atoms with Gasteiger partial charge in [0.05, 0.1) is 23.0 Å². The summed E-state index contributed by atoms with van der Waals surface area (Å²) in [5, 5.41) is 31.2. The maximum atomic E-state index is 13.5. The summed E-state index contributed by atoms with van der Waals surface area (Å²) in [5.41, 5.74) is 1.86. The monoisotopic (exact) mass is 538 g/mol. The second-order valence-corrected chi connectivity index (χ2v) is 14.9. The number of rotatable bonds is 11. The van der Waals surface area contributed by atoms with Crippen LogP contribution >= 0.6 is 0 Å². The third kappa shape index (κ3) is 4.74. The van der Waals surface area contributed by atoms with Crippen molar-refractivity contribution in [2.45, 2.75) is 64.4 Å². The summed E-state index contributed by atoms with van der Waals surface area (Å²) in [6, 6.07) is 14.9. The van der Waals surface area contributed by atoms with Crippen molar-refractivity contribution in [3.63, 3.8) is 0 Å². The molecule has 9 nitrogen and oxygen atoms in total. The van der Waals surface area contributed by atoms with Crippen LogP contribution in [0.4, 0.5) is 5.69 Å². The molecule has 0 saturated carbocycles. The Bertz CT molecular complexity index is 1250. The van der Waals surface area contributed by atoms with Gasteiger partial charge >= 0.3 is 5.97 Å². The number of carbonyl (C=O) groups excluding carboxylic acids is 1. The molecule has 2 heterocycles. The van der Waals surface area contributed by atoms with Gasteiger partial charge in [0, 0.05) is 18.1 Å². The molecule has 10 heteroatoms. The normalized spacial score (nSPS) is 21.7. The number of fused-ring (bicyclic) bond motifs is 1. The van der Waals surface area contributed by atoms with Gasteiger partial charge in [-0.3, -0.25) is 14.9 Å². The van der Waals surface area contributed by atoms with Gasteiger partial charge in [-0.25, -0.2) is 4.79 Å². The van der Waals surface area contributed by atoms with Crippen molar-refractivity contribution >= 4 is 31.5 Å². The number of nitro groups is 1. The number of nitro benzene ring substituents is 1. The van der Waals surface area contributed by atoms with Crippen LogP contribution < -0.4 is 0 Å². The number of benzene rings is 2. The molecule has 2 N–H and O–H groups in total. The van der Waals surface area contributed by atoms with Crippen molar-refractivity contribution in [1.82, 2.24) is 4.90 Å². The fourth-order valence-electron chi connectivity index (χ4n) is 6.08. The molecule has 2 aromatic carbocycles. The van der Waals surface area contributed by atoms with Gasteiger partial charge < -0.3 is 19.5 Å². The molecular weight excluding hydrogens is 504 g/mol. The van der Waals surface area contributed by atoms with Gasteiger partial charge in [-0.2, -0.15) is 0 Å². The second-order valence-electron chi connectivity index (χ2n) is 10.1. The molecule has 1 saturated heterocycles. The van der Waals surface area contributed by atoms with Gasteiger partial charge in [-0.05, 0) is 60.3 Å². The molecule has 4 atom stereocenters. The molecule has 1 unspecified atom stereocenters. The standard InChI is InChI=1S/C28H34N2O7Si/c1-5-38(6-2,7-3)37-17(4)23-25-22(16-18-8-12-20(13-9-18)30(35)36)24(19-10-14-21(31)15-11-19)26(28(33)34)29(25)27(23)32/h8-15,17,22-23,25,31H,5-7,16H2,1-4H3,(H,33,34)/t17-,22?,23-,25-/m1/s1. The number of phenolic OH excluding ortho intramolecular Hbond substituents is 1. The number of carboxylic acids is 1. The average Bonchev–Trinajstić information content (AvgIpc) is 3.18. The zero-order valence-electron chi connectivity index (χ0n) is 22.1. The zero-order chi connectivity index (χ0) is 27.8. The van der Waals surface area contributed by atoms with Crippen molar-refractivity contribution in [1.29, 1.82) is 0 Å². The Balaban J connectivity index is 1.77. The highest BCUT2D eigenvalue weighted by Gasteiger charge is 2.61. The smallest absolute Gasteiger partial charge is 0.352 e. The number of phenols is 1. The first kappa shape index (κ1) is 27.5. The molecule has 2 aliphatic heterocycles. The lowest BCUT2D eigenvalue weighted by Crippen LogP contribution is -2.65. The van der Waals surface area contributed by atoms with E-state index in [2.05, 4.69) is 20.8 Å². The zero-order valence-corrected chi connectivity index (χ0v) is 23.1. The van der Waals surface area contributed by atoms with E-state index < -0.39 is 31.2 Å². The minimum Gasteiger partial charge on any atom is -0.508 e. The Morgan fingerprint density at radius 3 is 2.16 bits per heavy atom. The molecule has 2 aliphatic rings. The molecule has 2 aromatic rings. The van der Waals surface area contributed by atoms with Crippen LogP contribution in [0, 0.1) is 22.0 Å². The Morgan fingerprint density at radius 1 is 1.08 bits per heavy atom. The first-order valence-electron chi connectivity index (χ1n) is 13.1. The summed E-state index contributed by atoms with van der Waals surface area (Å²) in [4.78, 5) is 38.2. The lowest BCUT2D eigenvalue weighted by atomic mass is 9.73. The molecule has 0 spiro atoms. The number of aliphatic carboxylic acids is 1. The van der Waals surface area contributed by atoms with Crippen molar-refractivity contribution in [3.05, 3.63) is 75.5 Å². The van der Waals surface area contributed by atoms with Crippen LogP contribution in [0.1, 0.15) is 38.8 Å². The summed E-state index contributed by atoms with van der Waals surface area (Å²) in [6.07, 6.45) is 0.0180. The number of carbonyl (C=O) groups is 2. The summed E-state index contributed by atoms with van der Waals surface area (Å²) < 4.78 is 6.68. The average molecular weight is 539 g/mol. The lowest BCUT2D eigenvalue weighted by Gasteiger charge is -2.49. The van der Waals surface area contributed by atoms with Crippen LogP contribution in [0.25, 0.3) is 5.57 Å². The number of β-lactam (4-membered cyclic amide) rings is 1. The number of carboxylic acid groups (broad SMARTS) is 1. The fraction of sp³-hybridized carbons (Fsp3) is 0.429. The summed E-state index contributed by atoms with van der Waals surface area (Å²) in [6.45, 7) is 8.30. The van der Waals surface area contributed by atoms with E-state index in [1.807, 2.05) is 6.92 Å². The van der Waals surface area contributed by atoms with Crippen molar-refractivity contribution in [2.24, 2.45) is 11.8 Å². The van der Waals surface area contributed by atoms with Crippen molar-refractivity contribution in [3.8, 4) is 5.75 Å². The predicted molar refractivity (Wildman–Crippen MR) is 145 cm³/mol. The molecule has 202 valence electrons. The third-order valence-electron chi connectivity index (χ3n) is 8.33. The number of non-ortho nitro benzene ring substituents is 1. The van der Waals surface area contributed by atoms with E-state index >= 15 is 0 Å². The summed E-state index contributed by atoms with van der Waals surface area (Å²) in [5.74, 6) is -2.27. The quantitative estimate of drug-likeness (QED) is 0.174. The first-order valence-corrected chi connectivity index (χ1v) is 15.6. The van der Waals surface area contributed by atoms with Gasteiger partial charge in [-0.1, -0.05) is 45.0 Å². The molecule has 0 aliphatic carbocycles. The number of aromatic hydroxyl groups is 1. The molecule has 4 rings (SSSR count). The Labute approximate surface area is 223 Å². The molecule has 1 amide bonds. The molecule has 0 bridgehead atoms. The Kier molecular flexibility index (Phi) is 7.75. The highest BCUT2D eigenvalue weighted by atomic mass is 28.4. The van der Waals surface area contributed by atoms with Gasteiger partial charge in [0.25, 0.3) is 5.69 Å². The number of amides is 1. The second kappa shape index (κ2) is 10.7. The van der Waals surface area contributed by atoms with E-state index in [-0.39, 0.29) is 35.1 Å². The van der Waals surface area contributed by atoms with Crippen molar-refractivity contribution in [2.75, 3.05) is 0 Å². The minimum atomic E-state index is -2.03. The van der Waals surface area contributed by atoms with E-state index in [4.69, 9.17) is 4.43 Å². The van der Waals surface area contributed by atoms with Crippen LogP contribution in [0.3, 0.4) is 0 Å². The van der Waals surface area contributed by atoms with Crippen molar-refractivity contribution < 1.29 is 29.2 Å². The number of hydrogen-bond acceptors (Lipinski definition) is 6. The van der Waals surface area contributed by atoms with Gasteiger partial charge in [-0.15, -0.1) is 0 Å². The van der Waals surface area contributed by atoms with Crippen LogP contribution in [0.2, 0.25) is 18.1 Å². The number of nitrogens with zero attached hydrogens (tertiary/aromatic N) is 2. The van der Waals surface area contributed by atoms with Gasteiger partial charge in [0.15, 0.2) is 8.32 Å². The molecule has 0 aromatic heterocycles. The Hall–Kier alpha value is -3.50. The van der Waals surface area contributed by atoms with Gasteiger partial charge in [0.1, 0.15) is 11.4 Å². The minimum absolute atomic E-state index is 0.0268. The van der Waals surface area contributed by atoms with Gasteiger partial charge in [0.2, 0.25) is 5.91 Å². The van der Waals surface area contributed by atoms with E-state index in [1.54, 1.807) is 24.3 Å². The number of hydrogen-bond donors (Lipinski definition) is 2. The molecule has 0 radical (unpaired) electrons. The topological polar surface area (TPSA) is 130 Å². The van der Waals surface area contributed by atoms with Crippen LogP contribution in [0.5, 0.6) is 5.75 Å². The van der Waals surface area contributed by atoms with E-state index in [0.29, 0.717) is 17.6 Å². The SMILES string of the molecule is CC[Si](CC)(CC)O[C@H](C)[C@H]1C(=O)N2C(C(=O)O)=C(c3ccc(O)cc3)C(Cc3ccc([N+](=O)[O-])cc3)[C@H]12. The fourth-order valence-corrected chi connectivity index (χ4v) is 9.02. The van der Waals surface area contributed by atoms with Crippen LogP contribution in [-0.4, -0.2) is 52.4 Å². The first-order chi connectivity index (χ1) is 18.1.